The molecule has 1 rings (SSSR count). The Morgan fingerprint density at radius 3 is 2.28 bits per heavy atom. The molecule has 0 aromatic carbocycles. The molecule has 1 aliphatic rings. The van der Waals surface area contributed by atoms with E-state index in [4.69, 9.17) is 5.73 Å². The Bertz CT molecular complexity index is 298. The fraction of sp³-hybridized carbons (Fsp3) is 0.833. The topological polar surface area (TPSA) is 84.2 Å². The number of halogens is 1. The third kappa shape index (κ3) is 5.69. The van der Waals surface area contributed by atoms with E-state index in [-0.39, 0.29) is 36.8 Å². The van der Waals surface area contributed by atoms with Crippen molar-refractivity contribution in [2.45, 2.75) is 39.7 Å². The maximum atomic E-state index is 11.6. The maximum Gasteiger partial charge on any atom is 0.239 e. The van der Waals surface area contributed by atoms with E-state index in [0.29, 0.717) is 12.5 Å². The standard InChI is InChI=1S/C12H23N3O2.ClH/c1-12(2,3)11(17)14-7-10(16)15-9(6-13)8-4-5-8;/h8-9H,4-7,13H2,1-3H3,(H,14,17)(H,15,16);1H. The molecule has 1 fully saturated rings. The molecule has 0 aromatic rings. The lowest BCUT2D eigenvalue weighted by atomic mass is 9.96. The highest BCUT2D eigenvalue weighted by molar-refractivity contribution is 5.87. The number of amides is 2. The highest BCUT2D eigenvalue weighted by Crippen LogP contribution is 2.32. The number of carbonyl (C=O) groups excluding carboxylic acids is 2. The number of carbonyl (C=O) groups is 2. The van der Waals surface area contributed by atoms with Gasteiger partial charge in [-0.05, 0) is 18.8 Å². The molecule has 1 atom stereocenters. The van der Waals surface area contributed by atoms with E-state index in [1.807, 2.05) is 20.8 Å². The third-order valence-corrected chi connectivity index (χ3v) is 2.88. The Hall–Kier alpha value is -0.810. The molecule has 0 heterocycles. The lowest BCUT2D eigenvalue weighted by molar-refractivity contribution is -0.131. The molecule has 2 amide bonds. The van der Waals surface area contributed by atoms with Crippen LogP contribution in [0.3, 0.4) is 0 Å². The molecule has 0 radical (unpaired) electrons. The molecule has 0 spiro atoms. The van der Waals surface area contributed by atoms with Crippen molar-refractivity contribution in [2.24, 2.45) is 17.1 Å². The van der Waals surface area contributed by atoms with Crippen molar-refractivity contribution >= 4 is 24.2 Å². The molecule has 6 heteroatoms. The normalized spacial score (nSPS) is 16.4. The van der Waals surface area contributed by atoms with Crippen LogP contribution < -0.4 is 16.4 Å². The number of hydrogen-bond donors (Lipinski definition) is 3. The molecule has 5 nitrogen and oxygen atoms in total. The molecule has 18 heavy (non-hydrogen) atoms. The van der Waals surface area contributed by atoms with Crippen molar-refractivity contribution in [3.05, 3.63) is 0 Å². The van der Waals surface area contributed by atoms with Gasteiger partial charge in [0.25, 0.3) is 0 Å². The van der Waals surface area contributed by atoms with Crippen molar-refractivity contribution in [1.82, 2.24) is 10.6 Å². The first-order chi connectivity index (χ1) is 7.84. The average molecular weight is 278 g/mol. The van der Waals surface area contributed by atoms with E-state index in [9.17, 15) is 9.59 Å². The number of nitrogens with two attached hydrogens (primary N) is 1. The highest BCUT2D eigenvalue weighted by Gasteiger charge is 2.31. The van der Waals surface area contributed by atoms with Crippen LogP contribution in [0.25, 0.3) is 0 Å². The molecule has 0 bridgehead atoms. The van der Waals surface area contributed by atoms with Gasteiger partial charge >= 0.3 is 0 Å². The first-order valence-electron chi connectivity index (χ1n) is 6.12. The van der Waals surface area contributed by atoms with E-state index in [1.54, 1.807) is 0 Å². The van der Waals surface area contributed by atoms with Gasteiger partial charge in [0.05, 0.1) is 6.54 Å². The smallest absolute Gasteiger partial charge is 0.239 e. The summed E-state index contributed by atoms with van der Waals surface area (Å²) in [4.78, 5) is 23.1. The summed E-state index contributed by atoms with van der Waals surface area (Å²) in [7, 11) is 0. The van der Waals surface area contributed by atoms with Gasteiger partial charge in [0.15, 0.2) is 0 Å². The van der Waals surface area contributed by atoms with Crippen LogP contribution in [0.4, 0.5) is 0 Å². The van der Waals surface area contributed by atoms with Crippen molar-refractivity contribution < 1.29 is 9.59 Å². The zero-order valence-corrected chi connectivity index (χ0v) is 12.1. The summed E-state index contributed by atoms with van der Waals surface area (Å²) >= 11 is 0. The summed E-state index contributed by atoms with van der Waals surface area (Å²) in [5.74, 6) is 0.246. The van der Waals surface area contributed by atoms with Gasteiger partial charge in [-0.2, -0.15) is 0 Å². The summed E-state index contributed by atoms with van der Waals surface area (Å²) in [6.45, 7) is 5.93. The zero-order valence-electron chi connectivity index (χ0n) is 11.3. The van der Waals surface area contributed by atoms with Crippen molar-refractivity contribution in [3.63, 3.8) is 0 Å². The van der Waals surface area contributed by atoms with Crippen LogP contribution >= 0.6 is 12.4 Å². The lowest BCUT2D eigenvalue weighted by Gasteiger charge is -2.19. The van der Waals surface area contributed by atoms with Crippen LogP contribution in [0.15, 0.2) is 0 Å². The zero-order chi connectivity index (χ0) is 13.1. The fourth-order valence-electron chi connectivity index (χ4n) is 1.55. The molecule has 0 aromatic heterocycles. The SMILES string of the molecule is CC(C)(C)C(=O)NCC(=O)NC(CN)C1CC1.Cl. The fourth-order valence-corrected chi connectivity index (χ4v) is 1.55. The lowest BCUT2D eigenvalue weighted by Crippen LogP contribution is -2.47. The van der Waals surface area contributed by atoms with E-state index in [1.165, 1.54) is 0 Å². The first kappa shape index (κ1) is 17.2. The van der Waals surface area contributed by atoms with Crippen LogP contribution in [0, 0.1) is 11.3 Å². The Morgan fingerprint density at radius 1 is 1.33 bits per heavy atom. The van der Waals surface area contributed by atoms with Gasteiger partial charge in [-0.15, -0.1) is 12.4 Å². The van der Waals surface area contributed by atoms with Crippen LogP contribution in [-0.2, 0) is 9.59 Å². The molecule has 4 N–H and O–H groups in total. The van der Waals surface area contributed by atoms with Gasteiger partial charge in [0.2, 0.25) is 11.8 Å². The summed E-state index contributed by atoms with van der Waals surface area (Å²) in [6.07, 6.45) is 2.27. The van der Waals surface area contributed by atoms with E-state index in [2.05, 4.69) is 10.6 Å². The quantitative estimate of drug-likeness (QED) is 0.681. The number of hydrogen-bond acceptors (Lipinski definition) is 3. The summed E-state index contributed by atoms with van der Waals surface area (Å²) < 4.78 is 0. The van der Waals surface area contributed by atoms with Gasteiger partial charge in [-0.1, -0.05) is 20.8 Å². The van der Waals surface area contributed by atoms with Crippen molar-refractivity contribution in [2.75, 3.05) is 13.1 Å². The first-order valence-corrected chi connectivity index (χ1v) is 6.12. The number of rotatable bonds is 5. The average Bonchev–Trinajstić information content (AvgIpc) is 3.04. The molecule has 1 unspecified atom stereocenters. The molecule has 0 saturated heterocycles. The molecular formula is C12H24ClN3O2. The minimum atomic E-state index is -0.468. The van der Waals surface area contributed by atoms with E-state index in [0.717, 1.165) is 12.8 Å². The summed E-state index contributed by atoms with van der Waals surface area (Å²) in [6, 6.07) is 0.0639. The molecule has 0 aliphatic heterocycles. The summed E-state index contributed by atoms with van der Waals surface area (Å²) in [5, 5.41) is 5.48. The summed E-state index contributed by atoms with van der Waals surface area (Å²) in [5.41, 5.74) is 5.12. The maximum absolute atomic E-state index is 11.6. The van der Waals surface area contributed by atoms with Crippen LogP contribution in [0.5, 0.6) is 0 Å². The van der Waals surface area contributed by atoms with Gasteiger partial charge in [0, 0.05) is 18.0 Å². The minimum Gasteiger partial charge on any atom is -0.350 e. The minimum absolute atomic E-state index is 0. The second-order valence-corrected chi connectivity index (χ2v) is 5.68. The van der Waals surface area contributed by atoms with Crippen molar-refractivity contribution in [1.29, 1.82) is 0 Å². The highest BCUT2D eigenvalue weighted by atomic mass is 35.5. The van der Waals surface area contributed by atoms with Gasteiger partial charge in [-0.25, -0.2) is 0 Å². The predicted molar refractivity (Wildman–Crippen MR) is 73.4 cm³/mol. The molecule has 1 saturated carbocycles. The Balaban J connectivity index is 0.00000289. The predicted octanol–water partition coefficient (Wildman–Crippen LogP) is 0.424. The molecule has 106 valence electrons. The van der Waals surface area contributed by atoms with Crippen molar-refractivity contribution in [3.8, 4) is 0 Å². The monoisotopic (exact) mass is 277 g/mol. The van der Waals surface area contributed by atoms with Crippen LogP contribution in [0.1, 0.15) is 33.6 Å². The molecule has 1 aliphatic carbocycles. The van der Waals surface area contributed by atoms with Crippen LogP contribution in [-0.4, -0.2) is 30.9 Å². The Kier molecular flexibility index (Phi) is 6.63. The van der Waals surface area contributed by atoms with Gasteiger partial charge < -0.3 is 16.4 Å². The van der Waals surface area contributed by atoms with Gasteiger partial charge in [-0.3, -0.25) is 9.59 Å². The van der Waals surface area contributed by atoms with Gasteiger partial charge in [0.1, 0.15) is 0 Å². The van der Waals surface area contributed by atoms with Crippen LogP contribution in [0.2, 0.25) is 0 Å². The Labute approximate surface area is 115 Å². The largest absolute Gasteiger partial charge is 0.350 e. The number of nitrogens with one attached hydrogen (secondary N) is 2. The van der Waals surface area contributed by atoms with E-state index < -0.39 is 5.41 Å². The molecular weight excluding hydrogens is 254 g/mol. The van der Waals surface area contributed by atoms with E-state index >= 15 is 0 Å². The Morgan fingerprint density at radius 2 is 1.89 bits per heavy atom. The third-order valence-electron chi connectivity index (χ3n) is 2.88. The second kappa shape index (κ2) is 6.95. The second-order valence-electron chi connectivity index (χ2n) is 5.68.